The lowest BCUT2D eigenvalue weighted by atomic mass is 9.99. The number of benzene rings is 3. The van der Waals surface area contributed by atoms with E-state index in [0.29, 0.717) is 17.1 Å². The highest BCUT2D eigenvalue weighted by Crippen LogP contribution is 2.26. The van der Waals surface area contributed by atoms with Crippen molar-refractivity contribution in [2.24, 2.45) is 0 Å². The molecule has 4 aromatic rings. The minimum atomic E-state index is -0.919. The van der Waals surface area contributed by atoms with Crippen molar-refractivity contribution in [3.63, 3.8) is 0 Å². The van der Waals surface area contributed by atoms with Gasteiger partial charge in [0.25, 0.3) is 0 Å². The standard InChI is InChI=1S/C25H23ClN2O2/c1-2-3-8-24-27-22-14-13-19(26)15-23(22)28(24)16-17-9-11-18(12-10-17)20-6-4-5-7-21(20)25(29)30/h4-7,9-15H,2-3,8,16H2,1H3,(H,29,30). The number of hydrogen-bond donors (Lipinski definition) is 1. The Morgan fingerprint density at radius 2 is 1.83 bits per heavy atom. The number of aryl methyl sites for hydroxylation is 1. The molecule has 0 fully saturated rings. The Bertz CT molecular complexity index is 1200. The number of aromatic carboxylic acids is 1. The van der Waals surface area contributed by atoms with E-state index >= 15 is 0 Å². The summed E-state index contributed by atoms with van der Waals surface area (Å²) in [6.45, 7) is 2.87. The number of carbonyl (C=O) groups is 1. The van der Waals surface area contributed by atoms with Crippen molar-refractivity contribution in [3.05, 3.63) is 88.7 Å². The molecule has 4 rings (SSSR count). The molecule has 0 aliphatic carbocycles. The van der Waals surface area contributed by atoms with Gasteiger partial charge in [0, 0.05) is 18.0 Å². The summed E-state index contributed by atoms with van der Waals surface area (Å²) in [5, 5.41) is 10.2. The van der Waals surface area contributed by atoms with Gasteiger partial charge in [0.15, 0.2) is 0 Å². The highest BCUT2D eigenvalue weighted by atomic mass is 35.5. The van der Waals surface area contributed by atoms with Crippen LogP contribution in [-0.4, -0.2) is 20.6 Å². The number of fused-ring (bicyclic) bond motifs is 1. The van der Waals surface area contributed by atoms with Crippen LogP contribution in [0.1, 0.15) is 41.5 Å². The van der Waals surface area contributed by atoms with Crippen LogP contribution in [0.25, 0.3) is 22.2 Å². The van der Waals surface area contributed by atoms with E-state index < -0.39 is 5.97 Å². The van der Waals surface area contributed by atoms with Crippen molar-refractivity contribution in [1.82, 2.24) is 9.55 Å². The Morgan fingerprint density at radius 3 is 2.57 bits per heavy atom. The van der Waals surface area contributed by atoms with Crippen LogP contribution in [0.3, 0.4) is 0 Å². The zero-order chi connectivity index (χ0) is 21.1. The molecule has 1 heterocycles. The molecule has 0 atom stereocenters. The number of carboxylic acids is 1. The first-order valence-corrected chi connectivity index (χ1v) is 10.5. The topological polar surface area (TPSA) is 55.1 Å². The number of hydrogen-bond acceptors (Lipinski definition) is 2. The number of aromatic nitrogens is 2. The van der Waals surface area contributed by atoms with Gasteiger partial charge in [0.1, 0.15) is 5.82 Å². The predicted octanol–water partition coefficient (Wildman–Crippen LogP) is 6.45. The lowest BCUT2D eigenvalue weighted by Gasteiger charge is -2.11. The van der Waals surface area contributed by atoms with E-state index in [4.69, 9.17) is 16.6 Å². The third-order valence-electron chi connectivity index (χ3n) is 5.31. The smallest absolute Gasteiger partial charge is 0.336 e. The first kappa shape index (κ1) is 20.2. The molecule has 0 saturated carbocycles. The van der Waals surface area contributed by atoms with Crippen LogP contribution in [0.2, 0.25) is 5.02 Å². The van der Waals surface area contributed by atoms with E-state index in [0.717, 1.165) is 52.8 Å². The molecule has 0 bridgehead atoms. The zero-order valence-electron chi connectivity index (χ0n) is 16.8. The fourth-order valence-corrected chi connectivity index (χ4v) is 3.91. The van der Waals surface area contributed by atoms with Crippen molar-refractivity contribution >= 4 is 28.6 Å². The van der Waals surface area contributed by atoms with E-state index in [1.54, 1.807) is 12.1 Å². The molecule has 0 aliphatic heterocycles. The van der Waals surface area contributed by atoms with Crippen LogP contribution in [0.5, 0.6) is 0 Å². The Morgan fingerprint density at radius 1 is 1.07 bits per heavy atom. The van der Waals surface area contributed by atoms with Gasteiger partial charge in [-0.15, -0.1) is 0 Å². The van der Waals surface area contributed by atoms with E-state index in [-0.39, 0.29) is 0 Å². The maximum absolute atomic E-state index is 11.5. The quantitative estimate of drug-likeness (QED) is 0.375. The number of halogens is 1. The molecular weight excluding hydrogens is 396 g/mol. The first-order chi connectivity index (χ1) is 14.6. The van der Waals surface area contributed by atoms with Crippen LogP contribution in [0.15, 0.2) is 66.7 Å². The summed E-state index contributed by atoms with van der Waals surface area (Å²) < 4.78 is 2.23. The third-order valence-corrected chi connectivity index (χ3v) is 5.54. The molecule has 30 heavy (non-hydrogen) atoms. The number of imidazole rings is 1. The largest absolute Gasteiger partial charge is 0.478 e. The van der Waals surface area contributed by atoms with Crippen LogP contribution in [0.4, 0.5) is 0 Å². The second kappa shape index (κ2) is 8.72. The van der Waals surface area contributed by atoms with E-state index in [2.05, 4.69) is 11.5 Å². The van der Waals surface area contributed by atoms with Crippen LogP contribution in [-0.2, 0) is 13.0 Å². The zero-order valence-corrected chi connectivity index (χ0v) is 17.6. The van der Waals surface area contributed by atoms with Gasteiger partial charge >= 0.3 is 5.97 Å². The van der Waals surface area contributed by atoms with Crippen molar-refractivity contribution in [1.29, 1.82) is 0 Å². The average Bonchev–Trinajstić information content (AvgIpc) is 3.09. The van der Waals surface area contributed by atoms with Gasteiger partial charge in [-0.05, 0) is 47.4 Å². The van der Waals surface area contributed by atoms with Gasteiger partial charge in [0.2, 0.25) is 0 Å². The Hall–Kier alpha value is -3.11. The Labute approximate surface area is 180 Å². The fraction of sp³-hybridized carbons (Fsp3) is 0.200. The Kier molecular flexibility index (Phi) is 5.86. The lowest BCUT2D eigenvalue weighted by molar-refractivity contribution is 0.0697. The van der Waals surface area contributed by atoms with Crippen molar-refractivity contribution in [2.45, 2.75) is 32.7 Å². The summed E-state index contributed by atoms with van der Waals surface area (Å²) >= 11 is 6.25. The molecule has 0 spiro atoms. The number of rotatable bonds is 7. The predicted molar refractivity (Wildman–Crippen MR) is 121 cm³/mol. The number of carboxylic acid groups (broad SMARTS) is 1. The molecular formula is C25H23ClN2O2. The fourth-order valence-electron chi connectivity index (χ4n) is 3.74. The Balaban J connectivity index is 1.68. The van der Waals surface area contributed by atoms with Gasteiger partial charge in [-0.2, -0.15) is 0 Å². The number of unbranched alkanes of at least 4 members (excludes halogenated alkanes) is 1. The summed E-state index contributed by atoms with van der Waals surface area (Å²) in [6.07, 6.45) is 3.12. The lowest BCUT2D eigenvalue weighted by Crippen LogP contribution is -2.05. The summed E-state index contributed by atoms with van der Waals surface area (Å²) in [4.78, 5) is 16.4. The molecule has 0 amide bonds. The van der Waals surface area contributed by atoms with Crippen LogP contribution >= 0.6 is 11.6 Å². The molecule has 3 aromatic carbocycles. The first-order valence-electron chi connectivity index (χ1n) is 10.1. The number of nitrogens with zero attached hydrogens (tertiary/aromatic N) is 2. The molecule has 5 heteroatoms. The summed E-state index contributed by atoms with van der Waals surface area (Å²) in [6, 6.07) is 20.9. The van der Waals surface area contributed by atoms with Gasteiger partial charge < -0.3 is 9.67 Å². The highest BCUT2D eigenvalue weighted by Gasteiger charge is 2.13. The maximum Gasteiger partial charge on any atom is 0.336 e. The minimum Gasteiger partial charge on any atom is -0.478 e. The molecule has 0 saturated heterocycles. The van der Waals surface area contributed by atoms with Crippen molar-refractivity contribution in [2.75, 3.05) is 0 Å². The summed E-state index contributed by atoms with van der Waals surface area (Å²) in [5.74, 6) is 0.145. The van der Waals surface area contributed by atoms with Gasteiger partial charge in [-0.3, -0.25) is 0 Å². The summed E-state index contributed by atoms with van der Waals surface area (Å²) in [7, 11) is 0. The van der Waals surface area contributed by atoms with E-state index in [1.165, 1.54) is 0 Å². The molecule has 152 valence electrons. The molecule has 0 radical (unpaired) electrons. The molecule has 4 nitrogen and oxygen atoms in total. The van der Waals surface area contributed by atoms with Crippen LogP contribution in [0, 0.1) is 0 Å². The third kappa shape index (κ3) is 4.10. The van der Waals surface area contributed by atoms with Gasteiger partial charge in [-0.25, -0.2) is 9.78 Å². The second-order valence-electron chi connectivity index (χ2n) is 7.40. The summed E-state index contributed by atoms with van der Waals surface area (Å²) in [5.41, 5.74) is 5.04. The monoisotopic (exact) mass is 418 g/mol. The van der Waals surface area contributed by atoms with E-state index in [1.807, 2.05) is 54.6 Å². The molecule has 1 aromatic heterocycles. The van der Waals surface area contributed by atoms with Gasteiger partial charge in [-0.1, -0.05) is 67.4 Å². The minimum absolute atomic E-state index is 0.308. The van der Waals surface area contributed by atoms with Crippen molar-refractivity contribution < 1.29 is 9.90 Å². The molecule has 0 aliphatic rings. The average molecular weight is 419 g/mol. The molecule has 0 unspecified atom stereocenters. The molecule has 1 N–H and O–H groups in total. The highest BCUT2D eigenvalue weighted by molar-refractivity contribution is 6.31. The van der Waals surface area contributed by atoms with E-state index in [9.17, 15) is 9.90 Å². The second-order valence-corrected chi connectivity index (χ2v) is 7.83. The maximum atomic E-state index is 11.5. The van der Waals surface area contributed by atoms with Gasteiger partial charge in [0.05, 0.1) is 16.6 Å². The van der Waals surface area contributed by atoms with Crippen molar-refractivity contribution in [3.8, 4) is 11.1 Å². The SMILES string of the molecule is CCCCc1nc2ccc(Cl)cc2n1Cc1ccc(-c2ccccc2C(=O)O)cc1. The van der Waals surface area contributed by atoms with Crippen LogP contribution < -0.4 is 0 Å². The normalized spacial score (nSPS) is 11.1.